The molecule has 114 valence electrons. The maximum absolute atomic E-state index is 12.7. The van der Waals surface area contributed by atoms with E-state index in [9.17, 15) is 14.7 Å². The van der Waals surface area contributed by atoms with E-state index < -0.39 is 11.4 Å². The number of amides is 1. The highest BCUT2D eigenvalue weighted by molar-refractivity contribution is 7.12. The number of aliphatic carboxylic acids is 1. The Morgan fingerprint density at radius 2 is 2.38 bits per heavy atom. The van der Waals surface area contributed by atoms with Crippen LogP contribution in [0.25, 0.3) is 0 Å². The summed E-state index contributed by atoms with van der Waals surface area (Å²) >= 11 is 1.40. The zero-order chi connectivity index (χ0) is 15.0. The second-order valence-corrected chi connectivity index (χ2v) is 6.86. The molecule has 3 rings (SSSR count). The van der Waals surface area contributed by atoms with E-state index in [1.54, 1.807) is 12.0 Å². The first-order valence-corrected chi connectivity index (χ1v) is 8.04. The van der Waals surface area contributed by atoms with Crippen LogP contribution in [0.2, 0.25) is 0 Å². The van der Waals surface area contributed by atoms with Crippen molar-refractivity contribution in [2.24, 2.45) is 11.3 Å². The van der Waals surface area contributed by atoms with Crippen molar-refractivity contribution in [3.05, 3.63) is 21.9 Å². The third-order valence-electron chi connectivity index (χ3n) is 4.82. The molecule has 2 atom stereocenters. The minimum atomic E-state index is -0.747. The third kappa shape index (κ3) is 2.26. The monoisotopic (exact) mass is 309 g/mol. The number of ether oxygens (including phenoxy) is 1. The third-order valence-corrected chi connectivity index (χ3v) is 5.77. The lowest BCUT2D eigenvalue weighted by Crippen LogP contribution is -2.37. The molecule has 5 nitrogen and oxygen atoms in total. The van der Waals surface area contributed by atoms with Crippen molar-refractivity contribution in [3.63, 3.8) is 0 Å². The van der Waals surface area contributed by atoms with Crippen molar-refractivity contribution in [2.75, 3.05) is 20.2 Å². The average molecular weight is 309 g/mol. The van der Waals surface area contributed by atoms with Crippen molar-refractivity contribution in [1.82, 2.24) is 4.90 Å². The molecule has 1 aromatic heterocycles. The molecule has 1 saturated carbocycles. The summed E-state index contributed by atoms with van der Waals surface area (Å²) < 4.78 is 5.11. The second-order valence-electron chi connectivity index (χ2n) is 5.94. The van der Waals surface area contributed by atoms with Gasteiger partial charge in [0.1, 0.15) is 0 Å². The van der Waals surface area contributed by atoms with E-state index in [4.69, 9.17) is 4.74 Å². The summed E-state index contributed by atoms with van der Waals surface area (Å²) in [5, 5.41) is 11.5. The smallest absolute Gasteiger partial charge is 0.311 e. The number of rotatable bonds is 4. The quantitative estimate of drug-likeness (QED) is 0.926. The van der Waals surface area contributed by atoms with Crippen LogP contribution in [-0.2, 0) is 16.1 Å². The van der Waals surface area contributed by atoms with E-state index in [1.165, 1.54) is 11.3 Å². The molecule has 0 spiro atoms. The second kappa shape index (κ2) is 5.42. The topological polar surface area (TPSA) is 66.8 Å². The lowest BCUT2D eigenvalue weighted by Gasteiger charge is -2.23. The van der Waals surface area contributed by atoms with Gasteiger partial charge in [-0.25, -0.2) is 0 Å². The number of likely N-dealkylation sites (tertiary alicyclic amines) is 1. The molecule has 1 amide bonds. The molecule has 0 bridgehead atoms. The lowest BCUT2D eigenvalue weighted by molar-refractivity contribution is -0.149. The number of fused-ring (bicyclic) bond motifs is 1. The van der Waals surface area contributed by atoms with Gasteiger partial charge in [-0.2, -0.15) is 0 Å². The maximum Gasteiger partial charge on any atom is 0.311 e. The van der Waals surface area contributed by atoms with Gasteiger partial charge in [0.05, 0.1) is 16.9 Å². The highest BCUT2D eigenvalue weighted by Crippen LogP contribution is 2.49. The number of carbonyl (C=O) groups is 2. The summed E-state index contributed by atoms with van der Waals surface area (Å²) in [7, 11) is 1.60. The number of methoxy groups -OCH3 is 1. The predicted octanol–water partition coefficient (Wildman–Crippen LogP) is 2.22. The molecule has 21 heavy (non-hydrogen) atoms. The highest BCUT2D eigenvalue weighted by atomic mass is 32.1. The summed E-state index contributed by atoms with van der Waals surface area (Å²) in [5.74, 6) is -0.694. The molecule has 1 N–H and O–H groups in total. The minimum absolute atomic E-state index is 0.0490. The van der Waals surface area contributed by atoms with Gasteiger partial charge in [-0.1, -0.05) is 6.42 Å². The van der Waals surface area contributed by atoms with Crippen LogP contribution < -0.4 is 0 Å². The van der Waals surface area contributed by atoms with E-state index in [2.05, 4.69) is 0 Å². The van der Waals surface area contributed by atoms with E-state index >= 15 is 0 Å². The highest BCUT2D eigenvalue weighted by Gasteiger charge is 2.55. The minimum Gasteiger partial charge on any atom is -0.481 e. The summed E-state index contributed by atoms with van der Waals surface area (Å²) in [6.45, 7) is 1.32. The fourth-order valence-electron chi connectivity index (χ4n) is 3.73. The summed E-state index contributed by atoms with van der Waals surface area (Å²) in [5.41, 5.74) is 0.169. The molecule has 2 fully saturated rings. The van der Waals surface area contributed by atoms with Crippen molar-refractivity contribution in [2.45, 2.75) is 25.9 Å². The van der Waals surface area contributed by atoms with E-state index in [-0.39, 0.29) is 11.8 Å². The van der Waals surface area contributed by atoms with Crippen LogP contribution >= 0.6 is 11.3 Å². The van der Waals surface area contributed by atoms with Crippen LogP contribution in [-0.4, -0.2) is 42.1 Å². The average Bonchev–Trinajstić information content (AvgIpc) is 3.11. The summed E-state index contributed by atoms with van der Waals surface area (Å²) in [4.78, 5) is 26.8. The first-order chi connectivity index (χ1) is 10.1. The van der Waals surface area contributed by atoms with Gasteiger partial charge < -0.3 is 14.7 Å². The van der Waals surface area contributed by atoms with Gasteiger partial charge in [-0.05, 0) is 30.2 Å². The van der Waals surface area contributed by atoms with E-state index in [0.29, 0.717) is 31.0 Å². The van der Waals surface area contributed by atoms with Gasteiger partial charge in [0.2, 0.25) is 0 Å². The Labute approximate surface area is 127 Å². The number of nitrogens with zero attached hydrogens (tertiary/aromatic N) is 1. The summed E-state index contributed by atoms with van der Waals surface area (Å²) in [6.07, 6.45) is 2.55. The molecule has 0 radical (unpaired) electrons. The molecule has 0 unspecified atom stereocenters. The number of carboxylic acid groups (broad SMARTS) is 1. The molecule has 1 aliphatic heterocycles. The Balaban J connectivity index is 1.81. The Morgan fingerprint density at radius 3 is 3.05 bits per heavy atom. The number of hydrogen-bond donors (Lipinski definition) is 1. The van der Waals surface area contributed by atoms with Gasteiger partial charge in [0, 0.05) is 25.8 Å². The Morgan fingerprint density at radius 1 is 1.57 bits per heavy atom. The summed E-state index contributed by atoms with van der Waals surface area (Å²) in [6, 6.07) is 1.89. The number of carboxylic acids is 1. The van der Waals surface area contributed by atoms with Crippen LogP contribution in [0.15, 0.2) is 11.4 Å². The van der Waals surface area contributed by atoms with Crippen LogP contribution in [0.1, 0.15) is 34.5 Å². The zero-order valence-corrected chi connectivity index (χ0v) is 12.8. The standard InChI is InChI=1S/C15H19NO4S/c1-20-8-10-4-6-21-12(10)13(17)16-7-11-3-2-5-15(11,9-16)14(18)19/h4,6,11H,2-3,5,7-9H2,1H3,(H,18,19)/t11-,15+/m0/s1. The molecule has 1 aromatic rings. The van der Waals surface area contributed by atoms with Crippen LogP contribution in [0.5, 0.6) is 0 Å². The molecule has 1 aliphatic carbocycles. The maximum atomic E-state index is 12.7. The molecule has 0 aromatic carbocycles. The zero-order valence-electron chi connectivity index (χ0n) is 12.0. The number of carbonyl (C=O) groups excluding carboxylic acids is 1. The fourth-order valence-corrected chi connectivity index (χ4v) is 4.61. The van der Waals surface area contributed by atoms with Gasteiger partial charge in [0.15, 0.2) is 0 Å². The predicted molar refractivity (Wildman–Crippen MR) is 78.3 cm³/mol. The normalized spacial score (nSPS) is 27.9. The Bertz CT molecular complexity index is 570. The molecule has 2 heterocycles. The number of thiophene rings is 1. The number of hydrogen-bond acceptors (Lipinski definition) is 4. The van der Waals surface area contributed by atoms with Gasteiger partial charge in [-0.3, -0.25) is 9.59 Å². The van der Waals surface area contributed by atoms with Crippen LogP contribution in [0, 0.1) is 11.3 Å². The van der Waals surface area contributed by atoms with E-state index in [0.717, 1.165) is 18.4 Å². The largest absolute Gasteiger partial charge is 0.481 e. The molecule has 1 saturated heterocycles. The van der Waals surface area contributed by atoms with Crippen molar-refractivity contribution in [1.29, 1.82) is 0 Å². The van der Waals surface area contributed by atoms with Gasteiger partial charge >= 0.3 is 5.97 Å². The lowest BCUT2D eigenvalue weighted by atomic mass is 9.81. The molecular weight excluding hydrogens is 290 g/mol. The fraction of sp³-hybridized carbons (Fsp3) is 0.600. The molecule has 2 aliphatic rings. The first-order valence-electron chi connectivity index (χ1n) is 7.16. The molecule has 6 heteroatoms. The van der Waals surface area contributed by atoms with Crippen LogP contribution in [0.3, 0.4) is 0 Å². The Hall–Kier alpha value is -1.40. The first kappa shape index (κ1) is 14.5. The van der Waals surface area contributed by atoms with Crippen LogP contribution in [0.4, 0.5) is 0 Å². The SMILES string of the molecule is COCc1ccsc1C(=O)N1C[C@@H]2CCC[C@@]2(C(=O)O)C1. The van der Waals surface area contributed by atoms with Crippen molar-refractivity contribution in [3.8, 4) is 0 Å². The van der Waals surface area contributed by atoms with Gasteiger partial charge in [0.25, 0.3) is 5.91 Å². The van der Waals surface area contributed by atoms with Crippen molar-refractivity contribution >= 4 is 23.2 Å². The van der Waals surface area contributed by atoms with E-state index in [1.807, 2.05) is 11.4 Å². The van der Waals surface area contributed by atoms with Gasteiger partial charge in [-0.15, -0.1) is 11.3 Å². The molecular formula is C15H19NO4S. The Kier molecular flexibility index (Phi) is 3.75. The van der Waals surface area contributed by atoms with Crippen molar-refractivity contribution < 1.29 is 19.4 Å².